The zero-order valence-electron chi connectivity index (χ0n) is 9.43. The van der Waals surface area contributed by atoms with Gasteiger partial charge in [-0.25, -0.2) is 4.98 Å². The number of nitrogens with zero attached hydrogens (tertiary/aromatic N) is 2. The van der Waals surface area contributed by atoms with Crippen molar-refractivity contribution in [2.45, 2.75) is 6.92 Å². The molecule has 3 aromatic rings. The average Bonchev–Trinajstić information content (AvgIpc) is 2.82. The Morgan fingerprint density at radius 1 is 1.47 bits per heavy atom. The summed E-state index contributed by atoms with van der Waals surface area (Å²) in [7, 11) is 1.63. The third kappa shape index (κ3) is 1.29. The molecule has 86 valence electrons. The largest absolute Gasteiger partial charge is 0.495 e. The molecule has 0 N–H and O–H groups in total. The van der Waals surface area contributed by atoms with Gasteiger partial charge in [-0.1, -0.05) is 17.4 Å². The number of rotatable bonds is 2. The minimum Gasteiger partial charge on any atom is -0.495 e. The second-order valence-corrected chi connectivity index (χ2v) is 4.74. The summed E-state index contributed by atoms with van der Waals surface area (Å²) < 4.78 is 8.27. The molecule has 3 rings (SSSR count). The first-order valence-electron chi connectivity index (χ1n) is 5.16. The quantitative estimate of drug-likeness (QED) is 0.653. The van der Waals surface area contributed by atoms with E-state index in [0.717, 1.165) is 32.9 Å². The molecule has 0 spiro atoms. The monoisotopic (exact) mass is 246 g/mol. The summed E-state index contributed by atoms with van der Waals surface area (Å²) >= 11 is 1.55. The van der Waals surface area contributed by atoms with Gasteiger partial charge < -0.3 is 4.74 Å². The minimum absolute atomic E-state index is 0.593. The van der Waals surface area contributed by atoms with Gasteiger partial charge in [-0.15, -0.1) is 0 Å². The van der Waals surface area contributed by atoms with Crippen LogP contribution in [0.25, 0.3) is 15.2 Å². The zero-order valence-corrected chi connectivity index (χ0v) is 10.2. The maximum atomic E-state index is 11.1. The number of para-hydroxylation sites is 1. The summed E-state index contributed by atoms with van der Waals surface area (Å²) in [4.78, 5) is 16.4. The second kappa shape index (κ2) is 3.56. The van der Waals surface area contributed by atoms with Gasteiger partial charge in [0.05, 0.1) is 17.5 Å². The van der Waals surface area contributed by atoms with Crippen molar-refractivity contribution in [3.8, 4) is 5.75 Å². The molecular weight excluding hydrogens is 236 g/mol. The molecule has 0 aliphatic carbocycles. The number of thiazole rings is 1. The molecule has 0 unspecified atom stereocenters. The Morgan fingerprint density at radius 3 is 3.00 bits per heavy atom. The van der Waals surface area contributed by atoms with Crippen LogP contribution in [0.1, 0.15) is 16.2 Å². The van der Waals surface area contributed by atoms with Crippen LogP contribution in [0, 0.1) is 6.92 Å². The first-order valence-corrected chi connectivity index (χ1v) is 5.97. The zero-order chi connectivity index (χ0) is 12.0. The van der Waals surface area contributed by atoms with Crippen LogP contribution >= 0.6 is 11.3 Å². The van der Waals surface area contributed by atoms with Crippen molar-refractivity contribution in [1.82, 2.24) is 9.38 Å². The maximum Gasteiger partial charge on any atom is 0.195 e. The highest BCUT2D eigenvalue weighted by Crippen LogP contribution is 2.34. The predicted molar refractivity (Wildman–Crippen MR) is 67.3 cm³/mol. The molecule has 17 heavy (non-hydrogen) atoms. The summed E-state index contributed by atoms with van der Waals surface area (Å²) in [5.41, 5.74) is 2.26. The molecule has 2 aromatic heterocycles. The number of aryl methyl sites for hydroxylation is 1. The number of ether oxygens (including phenoxy) is 1. The van der Waals surface area contributed by atoms with E-state index < -0.39 is 0 Å². The molecule has 0 amide bonds. The van der Waals surface area contributed by atoms with Crippen molar-refractivity contribution in [3.63, 3.8) is 0 Å². The lowest BCUT2D eigenvalue weighted by atomic mass is 10.3. The first-order chi connectivity index (χ1) is 8.26. The van der Waals surface area contributed by atoms with Gasteiger partial charge in [0, 0.05) is 0 Å². The molecule has 0 radical (unpaired) electrons. The Bertz CT molecular complexity index is 727. The summed E-state index contributed by atoms with van der Waals surface area (Å²) in [5.74, 6) is 0.759. The van der Waals surface area contributed by atoms with Crippen molar-refractivity contribution < 1.29 is 9.53 Å². The van der Waals surface area contributed by atoms with Crippen molar-refractivity contribution in [3.05, 3.63) is 29.6 Å². The van der Waals surface area contributed by atoms with Crippen LogP contribution in [0.3, 0.4) is 0 Å². The summed E-state index contributed by atoms with van der Waals surface area (Å²) in [6, 6.07) is 5.82. The number of hydrogen-bond donors (Lipinski definition) is 0. The second-order valence-electron chi connectivity index (χ2n) is 3.73. The molecule has 0 bridgehead atoms. The lowest BCUT2D eigenvalue weighted by molar-refractivity contribution is 0.111. The SMILES string of the molecule is COc1cccc2sc3nc(C)c(C=O)n3c12. The molecule has 0 fully saturated rings. The van der Waals surface area contributed by atoms with Crippen LogP contribution in [0.4, 0.5) is 0 Å². The maximum absolute atomic E-state index is 11.1. The Kier molecular flexibility index (Phi) is 2.16. The van der Waals surface area contributed by atoms with E-state index in [0.29, 0.717) is 5.69 Å². The summed E-state index contributed by atoms with van der Waals surface area (Å²) in [6.07, 6.45) is 0.841. The van der Waals surface area contributed by atoms with Crippen molar-refractivity contribution in [2.75, 3.05) is 7.11 Å². The third-order valence-electron chi connectivity index (χ3n) is 2.78. The van der Waals surface area contributed by atoms with Crippen LogP contribution in [0.15, 0.2) is 18.2 Å². The topological polar surface area (TPSA) is 43.6 Å². The molecule has 0 aliphatic rings. The average molecular weight is 246 g/mol. The van der Waals surface area contributed by atoms with Crippen LogP contribution in [0.5, 0.6) is 5.75 Å². The van der Waals surface area contributed by atoms with Gasteiger partial charge in [-0.3, -0.25) is 9.20 Å². The van der Waals surface area contributed by atoms with E-state index in [2.05, 4.69) is 4.98 Å². The van der Waals surface area contributed by atoms with E-state index in [1.807, 2.05) is 29.5 Å². The molecule has 4 nitrogen and oxygen atoms in total. The van der Waals surface area contributed by atoms with Gasteiger partial charge in [-0.2, -0.15) is 0 Å². The van der Waals surface area contributed by atoms with Gasteiger partial charge in [0.2, 0.25) is 0 Å². The molecule has 5 heteroatoms. The number of methoxy groups -OCH3 is 1. The molecule has 0 aliphatic heterocycles. The van der Waals surface area contributed by atoms with E-state index >= 15 is 0 Å². The number of carbonyl (C=O) groups excluding carboxylic acids is 1. The fraction of sp³-hybridized carbons (Fsp3) is 0.167. The number of aromatic nitrogens is 2. The number of imidazole rings is 1. The minimum atomic E-state index is 0.593. The van der Waals surface area contributed by atoms with Gasteiger partial charge in [0.1, 0.15) is 17.0 Å². The van der Waals surface area contributed by atoms with Gasteiger partial charge in [-0.05, 0) is 19.1 Å². The predicted octanol–water partition coefficient (Wildman–Crippen LogP) is 2.68. The number of carbonyl (C=O) groups is 1. The molecule has 0 atom stereocenters. The highest BCUT2D eigenvalue weighted by atomic mass is 32.1. The lowest BCUT2D eigenvalue weighted by Crippen LogP contribution is -1.93. The highest BCUT2D eigenvalue weighted by molar-refractivity contribution is 7.23. The molecule has 0 saturated heterocycles. The Labute approximate surface area is 101 Å². The normalized spacial score (nSPS) is 11.2. The standard InChI is InChI=1S/C12H10N2O2S/c1-7-8(6-15)14-11-9(16-2)4-3-5-10(11)17-12(14)13-7/h3-6H,1-2H3. The van der Waals surface area contributed by atoms with Gasteiger partial charge in [0.25, 0.3) is 0 Å². The van der Waals surface area contributed by atoms with Crippen LogP contribution in [-0.2, 0) is 0 Å². The van der Waals surface area contributed by atoms with Crippen molar-refractivity contribution in [2.24, 2.45) is 0 Å². The number of aldehydes is 1. The fourth-order valence-electron chi connectivity index (χ4n) is 2.01. The molecular formula is C12H10N2O2S. The Hall–Kier alpha value is -1.88. The van der Waals surface area contributed by atoms with E-state index in [1.54, 1.807) is 18.4 Å². The van der Waals surface area contributed by atoms with Gasteiger partial charge >= 0.3 is 0 Å². The number of hydrogen-bond acceptors (Lipinski definition) is 4. The number of benzene rings is 1. The highest BCUT2D eigenvalue weighted by Gasteiger charge is 2.16. The molecule has 2 heterocycles. The van der Waals surface area contributed by atoms with Crippen molar-refractivity contribution in [1.29, 1.82) is 0 Å². The van der Waals surface area contributed by atoms with E-state index in [9.17, 15) is 4.79 Å². The first kappa shape index (κ1) is 10.3. The van der Waals surface area contributed by atoms with Crippen LogP contribution in [-0.4, -0.2) is 22.8 Å². The van der Waals surface area contributed by atoms with Crippen LogP contribution in [0.2, 0.25) is 0 Å². The Morgan fingerprint density at radius 2 is 2.29 bits per heavy atom. The fourth-order valence-corrected chi connectivity index (χ4v) is 3.10. The van der Waals surface area contributed by atoms with E-state index in [4.69, 9.17) is 4.74 Å². The smallest absolute Gasteiger partial charge is 0.195 e. The molecule has 1 aromatic carbocycles. The van der Waals surface area contributed by atoms with Crippen molar-refractivity contribution >= 4 is 32.8 Å². The van der Waals surface area contributed by atoms with Gasteiger partial charge in [0.15, 0.2) is 11.2 Å². The third-order valence-corrected chi connectivity index (χ3v) is 3.79. The summed E-state index contributed by atoms with van der Waals surface area (Å²) in [5, 5.41) is 0. The number of fused-ring (bicyclic) bond motifs is 3. The summed E-state index contributed by atoms with van der Waals surface area (Å²) in [6.45, 7) is 1.84. The van der Waals surface area contributed by atoms with E-state index in [1.165, 1.54) is 0 Å². The van der Waals surface area contributed by atoms with Crippen LogP contribution < -0.4 is 4.74 Å². The Balaban J connectivity index is 2.58. The van der Waals surface area contributed by atoms with E-state index in [-0.39, 0.29) is 0 Å². The molecule has 0 saturated carbocycles. The lowest BCUT2D eigenvalue weighted by Gasteiger charge is -2.02.